The summed E-state index contributed by atoms with van der Waals surface area (Å²) in [6, 6.07) is 13.9. The van der Waals surface area contributed by atoms with Crippen LogP contribution in [0, 0.1) is 5.92 Å². The molecule has 0 spiro atoms. The third-order valence-corrected chi connectivity index (χ3v) is 6.11. The summed E-state index contributed by atoms with van der Waals surface area (Å²) in [4.78, 5) is 36.3. The van der Waals surface area contributed by atoms with E-state index in [0.29, 0.717) is 0 Å². The summed E-state index contributed by atoms with van der Waals surface area (Å²) in [6.45, 7) is 1.52. The van der Waals surface area contributed by atoms with Crippen molar-refractivity contribution in [3.05, 3.63) is 59.7 Å². The number of nitrogens with one attached hydrogen (secondary N) is 2. The van der Waals surface area contributed by atoms with E-state index in [1.165, 1.54) is 6.92 Å². The Morgan fingerprint density at radius 1 is 1.06 bits per heavy atom. The fourth-order valence-electron chi connectivity index (χ4n) is 4.40. The van der Waals surface area contributed by atoms with Crippen LogP contribution in [0.3, 0.4) is 0 Å². The highest BCUT2D eigenvalue weighted by Crippen LogP contribution is 2.44. The van der Waals surface area contributed by atoms with E-state index in [0.717, 1.165) is 22.3 Å². The van der Waals surface area contributed by atoms with Crippen LogP contribution in [-0.4, -0.2) is 66.2 Å². The largest absolute Gasteiger partial charge is 0.480 e. The summed E-state index contributed by atoms with van der Waals surface area (Å²) in [5.41, 5.74) is 4.42. The van der Waals surface area contributed by atoms with E-state index in [2.05, 4.69) is 10.6 Å². The van der Waals surface area contributed by atoms with Crippen LogP contribution in [0.15, 0.2) is 48.5 Å². The minimum absolute atomic E-state index is 0.0201. The number of rotatable bonds is 7. The molecule has 2 aliphatic rings. The molecule has 1 aliphatic carbocycles. The number of aliphatic carboxylic acids is 1. The summed E-state index contributed by atoms with van der Waals surface area (Å²) in [7, 11) is 0. The van der Waals surface area contributed by atoms with Gasteiger partial charge in [0.2, 0.25) is 5.91 Å². The molecule has 4 rings (SSSR count). The van der Waals surface area contributed by atoms with Crippen LogP contribution in [0.4, 0.5) is 4.79 Å². The molecule has 1 saturated heterocycles. The number of benzene rings is 2. The first-order chi connectivity index (χ1) is 15.9. The number of hydrogen-bond donors (Lipinski definition) is 4. The highest BCUT2D eigenvalue weighted by Gasteiger charge is 2.38. The number of carboxylic acid groups (broad SMARTS) is 1. The molecule has 1 aliphatic heterocycles. The normalized spacial score (nSPS) is 20.9. The second-order valence-electron chi connectivity index (χ2n) is 8.29. The van der Waals surface area contributed by atoms with Crippen molar-refractivity contribution < 1.29 is 34.1 Å². The highest BCUT2D eigenvalue weighted by atomic mass is 16.5. The van der Waals surface area contributed by atoms with Gasteiger partial charge >= 0.3 is 12.1 Å². The molecule has 33 heavy (non-hydrogen) atoms. The second-order valence-corrected chi connectivity index (χ2v) is 8.29. The average Bonchev–Trinajstić information content (AvgIpc) is 3.38. The maximum Gasteiger partial charge on any atom is 0.407 e. The summed E-state index contributed by atoms with van der Waals surface area (Å²) in [5, 5.41) is 23.7. The lowest BCUT2D eigenvalue weighted by Crippen LogP contribution is -2.53. The highest BCUT2D eigenvalue weighted by molar-refractivity contribution is 5.86. The van der Waals surface area contributed by atoms with E-state index in [1.54, 1.807) is 0 Å². The van der Waals surface area contributed by atoms with Crippen molar-refractivity contribution in [3.63, 3.8) is 0 Å². The summed E-state index contributed by atoms with van der Waals surface area (Å²) < 4.78 is 10.8. The van der Waals surface area contributed by atoms with Crippen LogP contribution < -0.4 is 10.6 Å². The van der Waals surface area contributed by atoms with Gasteiger partial charge in [0.1, 0.15) is 6.61 Å². The standard InChI is InChI=1S/C24H26N2O7/c1-13(27)21(23(29)30)26-22(28)19-10-32-12-20(19)25-24(31)33-11-18-16-8-4-2-6-14(16)15-7-3-5-9-17(15)18/h2-9,13,18-21,27H,10-12H2,1H3,(H,25,31)(H,26,28)(H,29,30). The minimum atomic E-state index is -1.45. The molecule has 1 heterocycles. The molecule has 4 N–H and O–H groups in total. The molecule has 0 saturated carbocycles. The lowest BCUT2D eigenvalue weighted by Gasteiger charge is -2.23. The number of carbonyl (C=O) groups excluding carboxylic acids is 2. The fourth-order valence-corrected chi connectivity index (χ4v) is 4.40. The minimum Gasteiger partial charge on any atom is -0.480 e. The third kappa shape index (κ3) is 4.69. The molecule has 2 aromatic rings. The zero-order valence-corrected chi connectivity index (χ0v) is 18.1. The van der Waals surface area contributed by atoms with E-state index >= 15 is 0 Å². The SMILES string of the molecule is CC(O)C(NC(=O)C1COCC1NC(=O)OCC1c2ccccc2-c2ccccc21)C(=O)O. The van der Waals surface area contributed by atoms with Crippen LogP contribution in [0.1, 0.15) is 24.0 Å². The molecule has 0 radical (unpaired) electrons. The van der Waals surface area contributed by atoms with Gasteiger partial charge in [-0.05, 0) is 29.2 Å². The first-order valence-electron chi connectivity index (χ1n) is 10.8. The van der Waals surface area contributed by atoms with Gasteiger partial charge in [-0.3, -0.25) is 4.79 Å². The number of alkyl carbamates (subject to hydrolysis) is 1. The molecule has 9 heteroatoms. The van der Waals surface area contributed by atoms with Crippen LogP contribution in [-0.2, 0) is 19.1 Å². The number of ether oxygens (including phenoxy) is 2. The summed E-state index contributed by atoms with van der Waals surface area (Å²) >= 11 is 0. The van der Waals surface area contributed by atoms with E-state index in [9.17, 15) is 19.5 Å². The predicted octanol–water partition coefficient (Wildman–Crippen LogP) is 1.49. The molecule has 2 aromatic carbocycles. The first kappa shape index (κ1) is 22.8. The lowest BCUT2D eigenvalue weighted by molar-refractivity contribution is -0.145. The van der Waals surface area contributed by atoms with E-state index in [4.69, 9.17) is 14.6 Å². The maximum absolute atomic E-state index is 12.5. The molecule has 9 nitrogen and oxygen atoms in total. The van der Waals surface area contributed by atoms with Crippen molar-refractivity contribution in [3.8, 4) is 11.1 Å². The number of carbonyl (C=O) groups is 3. The van der Waals surface area contributed by atoms with Gasteiger partial charge < -0.3 is 30.3 Å². The van der Waals surface area contributed by atoms with Crippen LogP contribution in [0.5, 0.6) is 0 Å². The Bertz CT molecular complexity index is 1010. The number of aliphatic hydroxyl groups is 1. The molecule has 4 atom stereocenters. The van der Waals surface area contributed by atoms with E-state index in [1.807, 2.05) is 48.5 Å². The fraction of sp³-hybridized carbons (Fsp3) is 0.375. The molecule has 0 bridgehead atoms. The maximum atomic E-state index is 12.5. The number of fused-ring (bicyclic) bond motifs is 3. The summed E-state index contributed by atoms with van der Waals surface area (Å²) in [6.07, 6.45) is -1.96. The predicted molar refractivity (Wildman–Crippen MR) is 118 cm³/mol. The van der Waals surface area contributed by atoms with E-state index in [-0.39, 0.29) is 25.7 Å². The first-order valence-corrected chi connectivity index (χ1v) is 10.8. The van der Waals surface area contributed by atoms with Gasteiger partial charge in [-0.2, -0.15) is 0 Å². The van der Waals surface area contributed by atoms with Crippen LogP contribution >= 0.6 is 0 Å². The van der Waals surface area contributed by atoms with Crippen LogP contribution in [0.25, 0.3) is 11.1 Å². The molecule has 174 valence electrons. The summed E-state index contributed by atoms with van der Waals surface area (Å²) in [5.74, 6) is -2.86. The van der Waals surface area contributed by atoms with Gasteiger partial charge in [-0.1, -0.05) is 48.5 Å². The van der Waals surface area contributed by atoms with Crippen molar-refractivity contribution in [1.29, 1.82) is 0 Å². The van der Waals surface area contributed by atoms with Gasteiger partial charge in [0.25, 0.3) is 0 Å². The monoisotopic (exact) mass is 454 g/mol. The zero-order valence-electron chi connectivity index (χ0n) is 18.1. The lowest BCUT2D eigenvalue weighted by atomic mass is 9.98. The quantitative estimate of drug-likeness (QED) is 0.498. The van der Waals surface area contributed by atoms with Crippen molar-refractivity contribution in [2.24, 2.45) is 5.92 Å². The number of carboxylic acids is 1. The molecular weight excluding hydrogens is 428 g/mol. The molecule has 0 aromatic heterocycles. The Morgan fingerprint density at radius 3 is 2.24 bits per heavy atom. The smallest absolute Gasteiger partial charge is 0.407 e. The Kier molecular flexibility index (Phi) is 6.62. The molecular formula is C24H26N2O7. The Morgan fingerprint density at radius 2 is 1.67 bits per heavy atom. The van der Waals surface area contributed by atoms with Crippen molar-refractivity contribution in [2.75, 3.05) is 19.8 Å². The van der Waals surface area contributed by atoms with Gasteiger partial charge in [0.05, 0.1) is 31.3 Å². The van der Waals surface area contributed by atoms with Crippen molar-refractivity contribution in [2.45, 2.75) is 31.0 Å². The van der Waals surface area contributed by atoms with Crippen molar-refractivity contribution in [1.82, 2.24) is 10.6 Å². The molecule has 2 amide bonds. The van der Waals surface area contributed by atoms with Gasteiger partial charge in [-0.25, -0.2) is 9.59 Å². The Labute approximate surface area is 190 Å². The van der Waals surface area contributed by atoms with Crippen molar-refractivity contribution >= 4 is 18.0 Å². The third-order valence-electron chi connectivity index (χ3n) is 6.11. The van der Waals surface area contributed by atoms with E-state index < -0.39 is 42.1 Å². The molecule has 1 fully saturated rings. The Hall–Kier alpha value is -3.43. The number of hydrogen-bond acceptors (Lipinski definition) is 6. The molecule has 4 unspecified atom stereocenters. The van der Waals surface area contributed by atoms with Crippen LogP contribution in [0.2, 0.25) is 0 Å². The second kappa shape index (κ2) is 9.60. The average molecular weight is 454 g/mol. The topological polar surface area (TPSA) is 134 Å². The van der Waals surface area contributed by atoms with Gasteiger partial charge in [0, 0.05) is 5.92 Å². The van der Waals surface area contributed by atoms with Gasteiger partial charge in [0.15, 0.2) is 6.04 Å². The number of aliphatic hydroxyl groups excluding tert-OH is 1. The Balaban J connectivity index is 1.37. The zero-order chi connectivity index (χ0) is 23.5. The van der Waals surface area contributed by atoms with Gasteiger partial charge in [-0.15, -0.1) is 0 Å². The number of amides is 2.